The molecule has 0 aliphatic heterocycles. The van der Waals surface area contributed by atoms with E-state index in [4.69, 9.17) is 0 Å². The predicted octanol–water partition coefficient (Wildman–Crippen LogP) is 5.48. The second-order valence-electron chi connectivity index (χ2n) is 6.04. The minimum absolute atomic E-state index is 0.359. The van der Waals surface area contributed by atoms with Gasteiger partial charge in [0.15, 0.2) is 0 Å². The average molecular weight is 283 g/mol. The Kier molecular flexibility index (Phi) is 4.23. The quantitative estimate of drug-likeness (QED) is 0.630. The molecule has 0 aromatic heterocycles. The molecule has 0 N–H and O–H groups in total. The summed E-state index contributed by atoms with van der Waals surface area (Å²) in [6, 6.07) is 4.55. The normalized spacial score (nSPS) is 13.9. The lowest BCUT2D eigenvalue weighted by Crippen LogP contribution is -2.10. The maximum Gasteiger partial charge on any atom is 0.0405 e. The number of rotatable bonds is 2. The van der Waals surface area contributed by atoms with Gasteiger partial charge in [0.2, 0.25) is 0 Å². The molecule has 0 aliphatic rings. The molecule has 1 aromatic carbocycles. The van der Waals surface area contributed by atoms with E-state index in [1.54, 1.807) is 0 Å². The molecule has 0 spiro atoms. The van der Waals surface area contributed by atoms with Crippen LogP contribution in [0.15, 0.2) is 12.1 Å². The van der Waals surface area contributed by atoms with E-state index >= 15 is 0 Å². The van der Waals surface area contributed by atoms with Crippen molar-refractivity contribution in [3.8, 4) is 0 Å². The largest absolute Gasteiger partial charge is 0.0838 e. The summed E-state index contributed by atoms with van der Waals surface area (Å²) in [6.45, 7) is 13.5. The number of alkyl halides is 1. The zero-order valence-corrected chi connectivity index (χ0v) is 12.9. The van der Waals surface area contributed by atoms with Gasteiger partial charge in [-0.25, -0.2) is 0 Å². The molecule has 0 heterocycles. The third-order valence-corrected chi connectivity index (χ3v) is 3.62. The molecule has 1 rings (SSSR count). The zero-order valence-electron chi connectivity index (χ0n) is 11.3. The van der Waals surface area contributed by atoms with Crippen LogP contribution in [-0.2, 0) is 0 Å². The number of benzene rings is 1. The molecule has 0 radical (unpaired) electrons. The fourth-order valence-electron chi connectivity index (χ4n) is 2.32. The van der Waals surface area contributed by atoms with Crippen LogP contribution in [0.4, 0.5) is 0 Å². The fourth-order valence-corrected chi connectivity index (χ4v) is 4.02. The van der Waals surface area contributed by atoms with Crippen molar-refractivity contribution in [1.29, 1.82) is 0 Å². The monoisotopic (exact) mass is 282 g/mol. The second kappa shape index (κ2) is 4.91. The Morgan fingerprint density at radius 3 is 1.88 bits per heavy atom. The Hall–Kier alpha value is -0.300. The maximum atomic E-state index is 3.85. The van der Waals surface area contributed by atoms with Crippen molar-refractivity contribution in [2.45, 2.75) is 52.8 Å². The third kappa shape index (κ3) is 3.62. The summed E-state index contributed by atoms with van der Waals surface area (Å²) in [5, 5.41) is 0. The second-order valence-corrected chi connectivity index (χ2v) is 7.15. The van der Waals surface area contributed by atoms with E-state index in [1.807, 2.05) is 0 Å². The van der Waals surface area contributed by atoms with E-state index in [0.29, 0.717) is 10.2 Å². The molecule has 1 heteroatoms. The standard InChI is InChI=1S/C15H23Br/c1-10-7-11(2)14(12(3)8-10)13(16)9-15(4,5)6/h7-8,13H,9H2,1-6H3. The molecule has 90 valence electrons. The molecule has 0 nitrogen and oxygen atoms in total. The van der Waals surface area contributed by atoms with E-state index in [2.05, 4.69) is 69.6 Å². The number of aryl methyl sites for hydroxylation is 3. The van der Waals surface area contributed by atoms with Crippen LogP contribution in [0, 0.1) is 26.2 Å². The molecule has 0 amide bonds. The van der Waals surface area contributed by atoms with Crippen molar-refractivity contribution in [1.82, 2.24) is 0 Å². The van der Waals surface area contributed by atoms with Crippen LogP contribution in [0.5, 0.6) is 0 Å². The third-order valence-electron chi connectivity index (χ3n) is 2.84. The van der Waals surface area contributed by atoms with Gasteiger partial charge in [0, 0.05) is 4.83 Å². The minimum atomic E-state index is 0.359. The highest BCUT2D eigenvalue weighted by molar-refractivity contribution is 9.09. The van der Waals surface area contributed by atoms with Crippen LogP contribution in [-0.4, -0.2) is 0 Å². The highest BCUT2D eigenvalue weighted by atomic mass is 79.9. The molecule has 1 atom stereocenters. The molecule has 1 unspecified atom stereocenters. The van der Waals surface area contributed by atoms with Crippen molar-refractivity contribution in [3.05, 3.63) is 34.4 Å². The Morgan fingerprint density at radius 2 is 1.50 bits per heavy atom. The lowest BCUT2D eigenvalue weighted by Gasteiger charge is -2.25. The summed E-state index contributed by atoms with van der Waals surface area (Å²) >= 11 is 3.85. The van der Waals surface area contributed by atoms with Gasteiger partial charge in [0.1, 0.15) is 0 Å². The average Bonchev–Trinajstić information content (AvgIpc) is 1.96. The highest BCUT2D eigenvalue weighted by Crippen LogP contribution is 2.38. The molecule has 0 saturated heterocycles. The molecule has 0 aliphatic carbocycles. The summed E-state index contributed by atoms with van der Waals surface area (Å²) < 4.78 is 0. The molecule has 0 saturated carbocycles. The van der Waals surface area contributed by atoms with Gasteiger partial charge in [-0.1, -0.05) is 54.4 Å². The maximum absolute atomic E-state index is 3.85. The van der Waals surface area contributed by atoms with Crippen LogP contribution >= 0.6 is 15.9 Å². The first-order chi connectivity index (χ1) is 7.20. The smallest absolute Gasteiger partial charge is 0.0405 e. The van der Waals surface area contributed by atoms with Gasteiger partial charge < -0.3 is 0 Å². The zero-order chi connectivity index (χ0) is 12.5. The van der Waals surface area contributed by atoms with Crippen molar-refractivity contribution in [2.24, 2.45) is 5.41 Å². The van der Waals surface area contributed by atoms with Gasteiger partial charge in [-0.05, 0) is 49.3 Å². The summed E-state index contributed by atoms with van der Waals surface area (Å²) in [5.74, 6) is 0. The Morgan fingerprint density at radius 1 is 1.06 bits per heavy atom. The summed E-state index contributed by atoms with van der Waals surface area (Å²) in [5.41, 5.74) is 6.00. The molecular formula is C15H23Br. The summed E-state index contributed by atoms with van der Waals surface area (Å²) in [6.07, 6.45) is 1.16. The molecule has 0 bridgehead atoms. The Bertz CT molecular complexity index is 349. The molecular weight excluding hydrogens is 260 g/mol. The van der Waals surface area contributed by atoms with Crippen molar-refractivity contribution >= 4 is 15.9 Å². The molecule has 16 heavy (non-hydrogen) atoms. The number of hydrogen-bond donors (Lipinski definition) is 0. The van der Waals surface area contributed by atoms with Crippen LogP contribution in [0.25, 0.3) is 0 Å². The van der Waals surface area contributed by atoms with E-state index in [-0.39, 0.29) is 0 Å². The highest BCUT2D eigenvalue weighted by Gasteiger charge is 2.20. The van der Waals surface area contributed by atoms with Gasteiger partial charge in [-0.2, -0.15) is 0 Å². The van der Waals surface area contributed by atoms with E-state index in [1.165, 1.54) is 22.3 Å². The van der Waals surface area contributed by atoms with Gasteiger partial charge in [0.05, 0.1) is 0 Å². The Labute approximate surface area is 109 Å². The topological polar surface area (TPSA) is 0 Å². The first-order valence-corrected chi connectivity index (χ1v) is 6.84. The van der Waals surface area contributed by atoms with Crippen LogP contribution in [0.2, 0.25) is 0 Å². The van der Waals surface area contributed by atoms with Gasteiger partial charge in [0.25, 0.3) is 0 Å². The van der Waals surface area contributed by atoms with E-state index in [9.17, 15) is 0 Å². The van der Waals surface area contributed by atoms with Gasteiger partial charge in [-0.3, -0.25) is 0 Å². The van der Waals surface area contributed by atoms with E-state index < -0.39 is 0 Å². The first kappa shape index (κ1) is 13.8. The summed E-state index contributed by atoms with van der Waals surface area (Å²) in [7, 11) is 0. The molecule has 1 aromatic rings. The molecule has 0 fully saturated rings. The van der Waals surface area contributed by atoms with Gasteiger partial charge >= 0.3 is 0 Å². The first-order valence-electron chi connectivity index (χ1n) is 5.92. The van der Waals surface area contributed by atoms with Crippen molar-refractivity contribution < 1.29 is 0 Å². The van der Waals surface area contributed by atoms with Crippen LogP contribution in [0.1, 0.15) is 54.3 Å². The minimum Gasteiger partial charge on any atom is -0.0838 e. The van der Waals surface area contributed by atoms with Crippen molar-refractivity contribution in [3.63, 3.8) is 0 Å². The fraction of sp³-hybridized carbons (Fsp3) is 0.600. The lowest BCUT2D eigenvalue weighted by molar-refractivity contribution is 0.376. The van der Waals surface area contributed by atoms with Crippen LogP contribution in [0.3, 0.4) is 0 Å². The van der Waals surface area contributed by atoms with Gasteiger partial charge in [-0.15, -0.1) is 0 Å². The van der Waals surface area contributed by atoms with E-state index in [0.717, 1.165) is 6.42 Å². The number of halogens is 1. The lowest BCUT2D eigenvalue weighted by atomic mass is 9.86. The predicted molar refractivity (Wildman–Crippen MR) is 76.4 cm³/mol. The summed E-state index contributed by atoms with van der Waals surface area (Å²) in [4.78, 5) is 0.466. The van der Waals surface area contributed by atoms with Crippen LogP contribution < -0.4 is 0 Å². The SMILES string of the molecule is Cc1cc(C)c(C(Br)CC(C)(C)C)c(C)c1. The Balaban J connectivity index is 3.04. The van der Waals surface area contributed by atoms with Crippen molar-refractivity contribution in [2.75, 3.05) is 0 Å². The number of hydrogen-bond acceptors (Lipinski definition) is 0.